The van der Waals surface area contributed by atoms with Gasteiger partial charge in [-0.2, -0.15) is 0 Å². The van der Waals surface area contributed by atoms with Crippen LogP contribution in [0.25, 0.3) is 0 Å². The zero-order valence-corrected chi connectivity index (χ0v) is 10.3. The maximum atomic E-state index is 11.9. The minimum atomic E-state index is -0.207. The number of amides is 1. The Balaban J connectivity index is 2.08. The number of rotatable bonds is 2. The molecule has 0 aliphatic carbocycles. The van der Waals surface area contributed by atoms with E-state index < -0.39 is 0 Å². The van der Waals surface area contributed by atoms with E-state index in [1.165, 1.54) is 0 Å². The number of nitrogens with zero attached hydrogens (tertiary/aromatic N) is 1. The molecule has 0 radical (unpaired) electrons. The highest BCUT2D eigenvalue weighted by molar-refractivity contribution is 5.81. The third-order valence-electron chi connectivity index (χ3n) is 3.63. The van der Waals surface area contributed by atoms with Crippen molar-refractivity contribution in [2.24, 2.45) is 0 Å². The molecule has 2 aliphatic heterocycles. The SMILES string of the molecule is CCCC1OC2(CCNCC2)CN(C)C1=O. The summed E-state index contributed by atoms with van der Waals surface area (Å²) in [6.45, 7) is 4.86. The molecule has 4 heteroatoms. The Morgan fingerprint density at radius 1 is 1.50 bits per heavy atom. The molecule has 0 aromatic heterocycles. The summed E-state index contributed by atoms with van der Waals surface area (Å²) in [6, 6.07) is 0. The van der Waals surface area contributed by atoms with Crippen LogP contribution < -0.4 is 5.32 Å². The molecule has 2 fully saturated rings. The molecule has 16 heavy (non-hydrogen) atoms. The topological polar surface area (TPSA) is 41.6 Å². The van der Waals surface area contributed by atoms with Crippen LogP contribution in [0.3, 0.4) is 0 Å². The van der Waals surface area contributed by atoms with E-state index in [9.17, 15) is 4.79 Å². The van der Waals surface area contributed by atoms with Crippen molar-refractivity contribution in [2.75, 3.05) is 26.7 Å². The molecule has 0 aromatic carbocycles. The first-order chi connectivity index (χ1) is 7.67. The van der Waals surface area contributed by atoms with Gasteiger partial charge >= 0.3 is 0 Å². The summed E-state index contributed by atoms with van der Waals surface area (Å²) in [4.78, 5) is 13.8. The van der Waals surface area contributed by atoms with Gasteiger partial charge in [0.15, 0.2) is 0 Å². The maximum Gasteiger partial charge on any atom is 0.251 e. The van der Waals surface area contributed by atoms with Crippen LogP contribution >= 0.6 is 0 Å². The summed E-state index contributed by atoms with van der Waals surface area (Å²) in [5.41, 5.74) is -0.0756. The van der Waals surface area contributed by atoms with Crippen molar-refractivity contribution in [2.45, 2.75) is 44.3 Å². The van der Waals surface area contributed by atoms with Crippen LogP contribution in [0, 0.1) is 0 Å². The summed E-state index contributed by atoms with van der Waals surface area (Å²) >= 11 is 0. The van der Waals surface area contributed by atoms with Gasteiger partial charge in [-0.05, 0) is 32.4 Å². The van der Waals surface area contributed by atoms with Crippen molar-refractivity contribution < 1.29 is 9.53 Å². The molecular formula is C12H22N2O2. The first kappa shape index (κ1) is 11.9. The Bertz CT molecular complexity index is 262. The Morgan fingerprint density at radius 3 is 2.81 bits per heavy atom. The molecule has 2 rings (SSSR count). The third-order valence-corrected chi connectivity index (χ3v) is 3.63. The molecule has 1 amide bonds. The van der Waals surface area contributed by atoms with Crippen molar-refractivity contribution >= 4 is 5.91 Å². The Morgan fingerprint density at radius 2 is 2.19 bits per heavy atom. The fourth-order valence-electron chi connectivity index (χ4n) is 2.75. The Labute approximate surface area is 97.3 Å². The van der Waals surface area contributed by atoms with E-state index in [2.05, 4.69) is 12.2 Å². The maximum absolute atomic E-state index is 11.9. The largest absolute Gasteiger partial charge is 0.360 e. The van der Waals surface area contributed by atoms with Gasteiger partial charge in [-0.1, -0.05) is 13.3 Å². The molecule has 0 saturated carbocycles. The van der Waals surface area contributed by atoms with Gasteiger partial charge in [-0.3, -0.25) is 4.79 Å². The highest BCUT2D eigenvalue weighted by Crippen LogP contribution is 2.31. The van der Waals surface area contributed by atoms with Crippen molar-refractivity contribution in [1.29, 1.82) is 0 Å². The minimum Gasteiger partial charge on any atom is -0.360 e. The van der Waals surface area contributed by atoms with Crippen molar-refractivity contribution in [1.82, 2.24) is 10.2 Å². The molecule has 92 valence electrons. The average molecular weight is 226 g/mol. The van der Waals surface area contributed by atoms with Gasteiger partial charge in [0.2, 0.25) is 0 Å². The van der Waals surface area contributed by atoms with E-state index in [1.807, 2.05) is 11.9 Å². The number of carbonyl (C=O) groups is 1. The number of hydrogen-bond acceptors (Lipinski definition) is 3. The molecule has 1 unspecified atom stereocenters. The van der Waals surface area contributed by atoms with Crippen LogP contribution in [0.5, 0.6) is 0 Å². The first-order valence-electron chi connectivity index (χ1n) is 6.30. The number of hydrogen-bond donors (Lipinski definition) is 1. The van der Waals surface area contributed by atoms with E-state index in [0.717, 1.165) is 45.3 Å². The number of piperidine rings is 1. The zero-order chi connectivity index (χ0) is 11.6. The highest BCUT2D eigenvalue weighted by Gasteiger charge is 2.43. The van der Waals surface area contributed by atoms with E-state index in [0.29, 0.717) is 0 Å². The van der Waals surface area contributed by atoms with Gasteiger partial charge in [0, 0.05) is 13.6 Å². The fourth-order valence-corrected chi connectivity index (χ4v) is 2.75. The van der Waals surface area contributed by atoms with E-state index in [-0.39, 0.29) is 17.6 Å². The number of likely N-dealkylation sites (N-methyl/N-ethyl adjacent to an activating group) is 1. The summed E-state index contributed by atoms with van der Waals surface area (Å²) < 4.78 is 6.11. The number of ether oxygens (including phenoxy) is 1. The standard InChI is InChI=1S/C12H22N2O2/c1-3-4-10-11(15)14(2)9-12(16-10)5-7-13-8-6-12/h10,13H,3-9H2,1-2H3. The zero-order valence-electron chi connectivity index (χ0n) is 10.3. The summed E-state index contributed by atoms with van der Waals surface area (Å²) in [5, 5.41) is 3.35. The van der Waals surface area contributed by atoms with Gasteiger partial charge in [0.1, 0.15) is 6.10 Å². The normalized spacial score (nSPS) is 29.8. The molecule has 1 atom stereocenters. The lowest BCUT2D eigenvalue weighted by Gasteiger charge is -2.46. The molecule has 2 saturated heterocycles. The second kappa shape index (κ2) is 4.72. The van der Waals surface area contributed by atoms with Gasteiger partial charge in [-0.25, -0.2) is 0 Å². The quantitative estimate of drug-likeness (QED) is 0.756. The molecule has 4 nitrogen and oxygen atoms in total. The number of nitrogens with one attached hydrogen (secondary N) is 1. The molecule has 0 bridgehead atoms. The second-order valence-corrected chi connectivity index (χ2v) is 5.02. The number of carbonyl (C=O) groups excluding carboxylic acids is 1. The van der Waals surface area contributed by atoms with E-state index >= 15 is 0 Å². The smallest absolute Gasteiger partial charge is 0.251 e. The van der Waals surface area contributed by atoms with E-state index in [1.54, 1.807) is 0 Å². The first-order valence-corrected chi connectivity index (χ1v) is 6.30. The molecule has 1 N–H and O–H groups in total. The van der Waals surface area contributed by atoms with Crippen LogP contribution in [0.2, 0.25) is 0 Å². The average Bonchev–Trinajstić information content (AvgIpc) is 2.27. The van der Waals surface area contributed by atoms with Crippen LogP contribution in [0.4, 0.5) is 0 Å². The van der Waals surface area contributed by atoms with Crippen molar-refractivity contribution in [3.05, 3.63) is 0 Å². The third kappa shape index (κ3) is 2.23. The molecule has 2 heterocycles. The predicted molar refractivity (Wildman–Crippen MR) is 62.3 cm³/mol. The highest BCUT2D eigenvalue weighted by atomic mass is 16.5. The summed E-state index contributed by atoms with van der Waals surface area (Å²) in [7, 11) is 1.90. The molecule has 2 aliphatic rings. The fraction of sp³-hybridized carbons (Fsp3) is 0.917. The lowest BCUT2D eigenvalue weighted by Crippen LogP contribution is -2.60. The molecular weight excluding hydrogens is 204 g/mol. The van der Waals surface area contributed by atoms with Crippen molar-refractivity contribution in [3.8, 4) is 0 Å². The second-order valence-electron chi connectivity index (χ2n) is 5.02. The predicted octanol–water partition coefficient (Wildman–Crippen LogP) is 0.766. The summed E-state index contributed by atoms with van der Waals surface area (Å²) in [5.74, 6) is 0.158. The monoisotopic (exact) mass is 226 g/mol. The van der Waals surface area contributed by atoms with E-state index in [4.69, 9.17) is 4.74 Å². The molecule has 1 spiro atoms. The van der Waals surface area contributed by atoms with Gasteiger partial charge in [0.25, 0.3) is 5.91 Å². The van der Waals surface area contributed by atoms with Crippen molar-refractivity contribution in [3.63, 3.8) is 0 Å². The number of morpholine rings is 1. The molecule has 0 aromatic rings. The summed E-state index contributed by atoms with van der Waals surface area (Å²) in [6.07, 6.45) is 3.67. The van der Waals surface area contributed by atoms with Crippen LogP contribution in [-0.4, -0.2) is 49.2 Å². The lowest BCUT2D eigenvalue weighted by atomic mass is 9.89. The van der Waals surface area contributed by atoms with Crippen LogP contribution in [0.1, 0.15) is 32.6 Å². The van der Waals surface area contributed by atoms with Gasteiger partial charge < -0.3 is 15.0 Å². The van der Waals surface area contributed by atoms with Crippen LogP contribution in [-0.2, 0) is 9.53 Å². The minimum absolute atomic E-state index is 0.0756. The van der Waals surface area contributed by atoms with Crippen LogP contribution in [0.15, 0.2) is 0 Å². The lowest BCUT2D eigenvalue weighted by molar-refractivity contribution is -0.186. The van der Waals surface area contributed by atoms with Gasteiger partial charge in [-0.15, -0.1) is 0 Å². The Hall–Kier alpha value is -0.610. The Kier molecular flexibility index (Phi) is 3.50. The van der Waals surface area contributed by atoms with Gasteiger partial charge in [0.05, 0.1) is 5.60 Å².